The zero-order valence-electron chi connectivity index (χ0n) is 9.97. The van der Waals surface area contributed by atoms with Gasteiger partial charge in [0.2, 0.25) is 0 Å². The smallest absolute Gasteiger partial charge is 0.352 e. The first-order valence-corrected chi connectivity index (χ1v) is 7.89. The van der Waals surface area contributed by atoms with E-state index in [-0.39, 0.29) is 0 Å². The van der Waals surface area contributed by atoms with Crippen LogP contribution in [0.5, 0.6) is 0 Å². The van der Waals surface area contributed by atoms with Crippen LogP contribution in [0, 0.1) is 5.82 Å². The Bertz CT molecular complexity index is 661. The highest BCUT2D eigenvalue weighted by Crippen LogP contribution is 2.26. The van der Waals surface area contributed by atoms with Gasteiger partial charge in [-0.1, -0.05) is 11.6 Å². The second-order valence-electron chi connectivity index (χ2n) is 3.82. The number of amides is 1. The Morgan fingerprint density at radius 3 is 2.33 bits per heavy atom. The van der Waals surface area contributed by atoms with E-state index in [9.17, 15) is 30.8 Å². The van der Waals surface area contributed by atoms with Gasteiger partial charge in [-0.2, -0.15) is 13.2 Å². The molecule has 0 saturated carbocycles. The second kappa shape index (κ2) is 6.37. The van der Waals surface area contributed by atoms with Gasteiger partial charge in [0.25, 0.3) is 15.0 Å². The summed E-state index contributed by atoms with van der Waals surface area (Å²) < 4.78 is 71.4. The third kappa shape index (κ3) is 5.33. The maximum atomic E-state index is 13.4. The Balaban J connectivity index is 3.00. The zero-order valence-corrected chi connectivity index (χ0v) is 12.3. The van der Waals surface area contributed by atoms with E-state index in [1.165, 1.54) is 0 Å². The van der Waals surface area contributed by atoms with Gasteiger partial charge in [-0.05, 0) is 12.1 Å². The summed E-state index contributed by atoms with van der Waals surface area (Å²) >= 11 is 5.55. The Hall–Kier alpha value is -1.06. The summed E-state index contributed by atoms with van der Waals surface area (Å²) in [5.74, 6) is -2.35. The molecule has 0 spiro atoms. The highest BCUT2D eigenvalue weighted by atomic mass is 35.7. The summed E-state index contributed by atoms with van der Waals surface area (Å²) in [4.78, 5) is 10.6. The molecule has 0 aliphatic rings. The van der Waals surface area contributed by atoms with E-state index < -0.39 is 55.4 Å². The molecule has 1 rings (SSSR count). The Morgan fingerprint density at radius 1 is 1.29 bits per heavy atom. The maximum Gasteiger partial charge on any atom is 0.390 e. The number of nitrogens with one attached hydrogen (secondary N) is 1. The van der Waals surface area contributed by atoms with Crippen molar-refractivity contribution in [3.8, 4) is 0 Å². The van der Waals surface area contributed by atoms with Crippen molar-refractivity contribution in [3.05, 3.63) is 28.5 Å². The molecule has 0 unspecified atom stereocenters. The molecule has 0 aliphatic carbocycles. The van der Waals surface area contributed by atoms with Crippen molar-refractivity contribution in [2.24, 2.45) is 0 Å². The lowest BCUT2D eigenvalue weighted by Gasteiger charge is -2.10. The average Bonchev–Trinajstić information content (AvgIpc) is 2.24. The van der Waals surface area contributed by atoms with Crippen LogP contribution in [0.2, 0.25) is 5.02 Å². The van der Waals surface area contributed by atoms with E-state index in [2.05, 4.69) is 0 Å². The molecule has 0 bridgehead atoms. The van der Waals surface area contributed by atoms with Crippen LogP contribution in [0.15, 0.2) is 17.0 Å². The van der Waals surface area contributed by atoms with Crippen molar-refractivity contribution in [1.82, 2.24) is 5.32 Å². The summed E-state index contributed by atoms with van der Waals surface area (Å²) in [7, 11) is 0.494. The zero-order chi connectivity index (χ0) is 16.4. The number of hydrogen-bond donors (Lipinski definition) is 1. The van der Waals surface area contributed by atoms with Crippen LogP contribution in [0.25, 0.3) is 0 Å². The van der Waals surface area contributed by atoms with Gasteiger partial charge in [-0.3, -0.25) is 4.79 Å². The van der Waals surface area contributed by atoms with Gasteiger partial charge in [0.15, 0.2) is 0 Å². The van der Waals surface area contributed by atoms with Crippen LogP contribution in [0.1, 0.15) is 16.8 Å². The Labute approximate surface area is 126 Å². The van der Waals surface area contributed by atoms with Crippen molar-refractivity contribution in [1.29, 1.82) is 0 Å². The predicted octanol–water partition coefficient (Wildman–Crippen LogP) is 3.09. The SMILES string of the molecule is O=C(NCCC(F)(F)F)c1cc(S(=O)(=O)Cl)c(F)cc1Cl. The van der Waals surface area contributed by atoms with E-state index in [0.717, 1.165) is 0 Å². The third-order valence-electron chi connectivity index (χ3n) is 2.22. The fourth-order valence-electron chi connectivity index (χ4n) is 1.30. The normalized spacial score (nSPS) is 12.3. The molecular formula is C10H7Cl2F4NO3S. The third-order valence-corrected chi connectivity index (χ3v) is 3.87. The number of carbonyl (C=O) groups excluding carboxylic acids is 1. The van der Waals surface area contributed by atoms with Crippen molar-refractivity contribution in [3.63, 3.8) is 0 Å². The fraction of sp³-hybridized carbons (Fsp3) is 0.300. The van der Waals surface area contributed by atoms with Gasteiger partial charge in [0, 0.05) is 17.2 Å². The van der Waals surface area contributed by atoms with Gasteiger partial charge in [0.1, 0.15) is 10.7 Å². The van der Waals surface area contributed by atoms with Gasteiger partial charge < -0.3 is 5.32 Å². The number of alkyl halides is 3. The summed E-state index contributed by atoms with van der Waals surface area (Å²) in [5.41, 5.74) is -0.500. The van der Waals surface area contributed by atoms with E-state index in [1.807, 2.05) is 5.32 Å². The van der Waals surface area contributed by atoms with Crippen molar-refractivity contribution >= 4 is 37.2 Å². The molecule has 0 radical (unpaired) electrons. The second-order valence-corrected chi connectivity index (χ2v) is 6.76. The number of carbonyl (C=O) groups is 1. The minimum absolute atomic E-state index is 0.457. The molecule has 1 amide bonds. The minimum atomic E-state index is -4.47. The first-order chi connectivity index (χ1) is 9.42. The molecule has 1 N–H and O–H groups in total. The lowest BCUT2D eigenvalue weighted by Crippen LogP contribution is -2.28. The number of rotatable bonds is 4. The molecule has 0 fully saturated rings. The Morgan fingerprint density at radius 2 is 1.86 bits per heavy atom. The average molecular weight is 368 g/mol. The lowest BCUT2D eigenvalue weighted by atomic mass is 10.2. The van der Waals surface area contributed by atoms with Gasteiger partial charge in [0.05, 0.1) is 17.0 Å². The Kier molecular flexibility index (Phi) is 5.46. The molecule has 0 saturated heterocycles. The standard InChI is InChI=1S/C10H7Cl2F4NO3S/c11-6-4-7(13)8(21(12,19)20)3-5(6)9(18)17-2-1-10(14,15)16/h3-4H,1-2H2,(H,17,18). The fourth-order valence-corrected chi connectivity index (χ4v) is 2.44. The minimum Gasteiger partial charge on any atom is -0.352 e. The lowest BCUT2D eigenvalue weighted by molar-refractivity contribution is -0.132. The van der Waals surface area contributed by atoms with Crippen LogP contribution >= 0.6 is 22.3 Å². The molecule has 0 atom stereocenters. The molecule has 21 heavy (non-hydrogen) atoms. The summed E-state index contributed by atoms with van der Waals surface area (Å²) in [5, 5.41) is 1.43. The van der Waals surface area contributed by atoms with Crippen LogP contribution in [0.4, 0.5) is 17.6 Å². The topological polar surface area (TPSA) is 63.2 Å². The van der Waals surface area contributed by atoms with Gasteiger partial charge >= 0.3 is 6.18 Å². The summed E-state index contributed by atoms with van der Waals surface area (Å²) in [6.45, 7) is -0.737. The van der Waals surface area contributed by atoms with Crippen molar-refractivity contribution < 1.29 is 30.8 Å². The maximum absolute atomic E-state index is 13.4. The molecule has 1 aromatic rings. The number of halogens is 6. The molecule has 0 aliphatic heterocycles. The van der Waals surface area contributed by atoms with Crippen molar-refractivity contribution in [2.75, 3.05) is 6.54 Å². The number of benzene rings is 1. The molecular weight excluding hydrogens is 361 g/mol. The molecule has 11 heteroatoms. The molecule has 0 heterocycles. The van der Waals surface area contributed by atoms with Crippen LogP contribution in [-0.4, -0.2) is 27.0 Å². The van der Waals surface area contributed by atoms with Gasteiger partial charge in [-0.25, -0.2) is 12.8 Å². The first-order valence-electron chi connectivity index (χ1n) is 5.20. The van der Waals surface area contributed by atoms with Crippen molar-refractivity contribution in [2.45, 2.75) is 17.5 Å². The quantitative estimate of drug-likeness (QED) is 0.656. The van der Waals surface area contributed by atoms with Crippen LogP contribution in [0.3, 0.4) is 0 Å². The van der Waals surface area contributed by atoms with Crippen LogP contribution in [-0.2, 0) is 9.05 Å². The van der Waals surface area contributed by atoms with Crippen LogP contribution < -0.4 is 5.32 Å². The molecule has 118 valence electrons. The first kappa shape index (κ1) is 18.0. The highest BCUT2D eigenvalue weighted by molar-refractivity contribution is 8.13. The largest absolute Gasteiger partial charge is 0.390 e. The predicted molar refractivity (Wildman–Crippen MR) is 67.5 cm³/mol. The highest BCUT2D eigenvalue weighted by Gasteiger charge is 2.27. The van der Waals surface area contributed by atoms with E-state index >= 15 is 0 Å². The summed E-state index contributed by atoms with van der Waals surface area (Å²) in [6.07, 6.45) is -5.75. The number of hydrogen-bond acceptors (Lipinski definition) is 3. The van der Waals surface area contributed by atoms with E-state index in [0.29, 0.717) is 12.1 Å². The molecule has 0 aromatic heterocycles. The van der Waals surface area contributed by atoms with E-state index in [1.54, 1.807) is 0 Å². The van der Waals surface area contributed by atoms with Gasteiger partial charge in [-0.15, -0.1) is 0 Å². The summed E-state index contributed by atoms with van der Waals surface area (Å²) in [6, 6.07) is 1.10. The molecule has 1 aromatic carbocycles. The van der Waals surface area contributed by atoms with E-state index in [4.69, 9.17) is 22.3 Å². The molecule has 4 nitrogen and oxygen atoms in total. The monoisotopic (exact) mass is 367 g/mol.